The zero-order valence-corrected chi connectivity index (χ0v) is 57.5. The van der Waals surface area contributed by atoms with E-state index in [2.05, 4.69) is 68.5 Å². The van der Waals surface area contributed by atoms with Gasteiger partial charge in [0.2, 0.25) is 17.6 Å². The smallest absolute Gasteiger partial charge is 0.291 e. The summed E-state index contributed by atoms with van der Waals surface area (Å²) < 4.78 is 12.0. The van der Waals surface area contributed by atoms with E-state index in [9.17, 15) is 62.6 Å². The summed E-state index contributed by atoms with van der Waals surface area (Å²) in [5, 5.41) is 41.3. The molecule has 0 aliphatic rings. The van der Waals surface area contributed by atoms with Crippen molar-refractivity contribution in [2.24, 2.45) is 56.4 Å². The summed E-state index contributed by atoms with van der Waals surface area (Å²) in [6.07, 6.45) is 14.8. The second-order valence-electron chi connectivity index (χ2n) is 24.4. The van der Waals surface area contributed by atoms with Gasteiger partial charge in [-0.1, -0.05) is 12.1 Å². The van der Waals surface area contributed by atoms with Crippen molar-refractivity contribution < 1.29 is 67.5 Å². The maximum absolute atomic E-state index is 13.6. The highest BCUT2D eigenvalue weighted by molar-refractivity contribution is 6.10. The summed E-state index contributed by atoms with van der Waals surface area (Å²) in [4.78, 5) is 166. The lowest BCUT2D eigenvalue weighted by molar-refractivity contribution is -0.879. The second kappa shape index (κ2) is 32.1. The number of aryl methyl sites for hydroxylation is 8. The minimum absolute atomic E-state index is 0.00535. The summed E-state index contributed by atoms with van der Waals surface area (Å²) in [7, 11) is 14.9. The van der Waals surface area contributed by atoms with Crippen molar-refractivity contribution in [3.63, 3.8) is 0 Å². The summed E-state index contributed by atoms with van der Waals surface area (Å²) in [6, 6.07) is 13.6. The molecule has 0 spiro atoms. The number of carbonyl (C=O) groups excluding carboxylic acids is 12. The Balaban J connectivity index is 0.696. The highest BCUT2D eigenvalue weighted by Crippen LogP contribution is 2.24. The first-order chi connectivity index (χ1) is 48.5. The number of amides is 11. The van der Waals surface area contributed by atoms with E-state index in [0.717, 1.165) is 13.1 Å². The van der Waals surface area contributed by atoms with Gasteiger partial charge >= 0.3 is 0 Å². The molecule has 0 saturated carbocycles. The van der Waals surface area contributed by atoms with Crippen molar-refractivity contribution in [3.8, 4) is 0 Å². The molecule has 8 heterocycles. The van der Waals surface area contributed by atoms with Crippen LogP contribution in [-0.2, 0) is 66.0 Å². The van der Waals surface area contributed by atoms with Gasteiger partial charge in [-0.15, -0.1) is 0 Å². The normalized spacial score (nSPS) is 11.6. The molecule has 12 N–H and O–H groups in total. The molecule has 0 bridgehead atoms. The van der Waals surface area contributed by atoms with Crippen LogP contribution >= 0.6 is 0 Å². The highest BCUT2D eigenvalue weighted by atomic mass is 16.4. The summed E-state index contributed by atoms with van der Waals surface area (Å²) in [5.74, 6) is -7.03. The van der Waals surface area contributed by atoms with E-state index in [-0.39, 0.29) is 98.9 Å². The fourth-order valence-electron chi connectivity index (χ4n) is 11.1. The van der Waals surface area contributed by atoms with E-state index in [1.807, 2.05) is 7.05 Å². The van der Waals surface area contributed by atoms with Crippen LogP contribution in [0.4, 0.5) is 39.9 Å². The number of anilines is 7. The van der Waals surface area contributed by atoms with Crippen LogP contribution in [0, 0.1) is 0 Å². The largest absolute Gasteiger partial charge is 0.545 e. The van der Waals surface area contributed by atoms with Crippen LogP contribution in [0.2, 0.25) is 0 Å². The molecule has 0 saturated heterocycles. The maximum atomic E-state index is 13.6. The standard InChI is InChI=1S/C67H78N22O13/c1-38(90)72-41(30-71-60(94)49-24-43(32-84(49)5)74-62(96)51-26-44(33-86(51)7)75-63(97)52-27-46(35-87(52)8)77-65(99)56-68-18-21-82(56)3)29-55(91)79-54-37-89(10)57(80-54)66(100)78-47-28-53(88(9)36-47)64(98)76-45-25-50(85(6)34-45)61(95)73-42-23-48(83(4)31-42)59(93)70-17-13-20-81(2)19-12-16-69-58(92)39-14-11-15-40(22-39)67(101)102/h11,14-15,18,21-28,31-37,41H,12-13,16-17,19-20,29-30H2,1-10H3,(H,69,92)(H,70,93)(H,71,94)(H,72,90)(H,73,95)(H,74,96)(H,75,97)(H,76,98)(H,77,99)(H,78,100)(H,79,91)(H,101,102)/t41-/m1/s1. The fraction of sp³-hybridized carbons (Fsp3) is 0.284. The molecular weight excluding hydrogens is 1320 g/mol. The van der Waals surface area contributed by atoms with Gasteiger partial charge in [-0.2, -0.15) is 0 Å². The number of aromatic nitrogens is 10. The molecule has 0 aliphatic heterocycles. The van der Waals surface area contributed by atoms with Crippen molar-refractivity contribution in [1.29, 1.82) is 0 Å². The predicted octanol–water partition coefficient (Wildman–Crippen LogP) is 0.780. The van der Waals surface area contributed by atoms with Gasteiger partial charge in [-0.3, -0.25) is 52.7 Å². The Bertz CT molecular complexity index is 4740. The zero-order chi connectivity index (χ0) is 73.8. The topological polar surface area (TPSA) is 430 Å². The lowest BCUT2D eigenvalue weighted by Crippen LogP contribution is -3.09. The van der Waals surface area contributed by atoms with Gasteiger partial charge in [-0.25, -0.2) is 9.97 Å². The number of carboxylic acids is 1. The van der Waals surface area contributed by atoms with Gasteiger partial charge in [0.15, 0.2) is 11.6 Å². The van der Waals surface area contributed by atoms with E-state index in [1.165, 1.54) is 126 Å². The number of nitrogens with one attached hydrogen (secondary N) is 12. The van der Waals surface area contributed by atoms with E-state index in [0.29, 0.717) is 48.7 Å². The number of aromatic carboxylic acids is 1. The van der Waals surface area contributed by atoms with Crippen LogP contribution in [0.15, 0.2) is 116 Å². The van der Waals surface area contributed by atoms with Crippen molar-refractivity contribution in [2.75, 3.05) is 77.0 Å². The van der Waals surface area contributed by atoms with Crippen LogP contribution in [0.25, 0.3) is 0 Å². The molecule has 11 amide bonds. The number of benzene rings is 1. The van der Waals surface area contributed by atoms with Gasteiger partial charge in [0.25, 0.3) is 53.2 Å². The van der Waals surface area contributed by atoms with Crippen LogP contribution in [0.3, 0.4) is 0 Å². The molecule has 534 valence electrons. The van der Waals surface area contributed by atoms with E-state index in [4.69, 9.17) is 0 Å². The SMILES string of the molecule is CC(=O)N[C@@H](CNC(=O)c1cc(NC(=O)c2cc(NC(=O)c3cc(NC(=O)c4nccn4C)cn3C)cn2C)cn1C)CC(=O)Nc1cn(C)c(C(=O)Nc2cc(C(=O)Nc3cc(C(=O)Nc4cc(C(=O)NCCC[NH+](C)CCCNC(=O)c5cccc(C(=O)[O-])c5)n(C)c4)n(C)c3)n(C)c2)n1. The molecule has 0 fully saturated rings. The van der Waals surface area contributed by atoms with E-state index >= 15 is 0 Å². The Hall–Kier alpha value is -13.1. The lowest BCUT2D eigenvalue weighted by atomic mass is 10.1. The number of quaternary nitrogens is 1. The number of carbonyl (C=O) groups is 12. The minimum Gasteiger partial charge on any atom is -0.545 e. The predicted molar refractivity (Wildman–Crippen MR) is 371 cm³/mol. The number of hydrogen-bond acceptors (Lipinski definition) is 15. The third kappa shape index (κ3) is 18.6. The van der Waals surface area contributed by atoms with Crippen LogP contribution in [0.1, 0.15) is 131 Å². The fourth-order valence-corrected chi connectivity index (χ4v) is 11.1. The molecule has 1 aromatic carbocycles. The Morgan fingerprint density at radius 2 is 0.824 bits per heavy atom. The molecule has 35 heteroatoms. The zero-order valence-electron chi connectivity index (χ0n) is 57.5. The quantitative estimate of drug-likeness (QED) is 0.0277. The number of carboxylic acid groups (broad SMARTS) is 1. The molecule has 0 radical (unpaired) electrons. The summed E-state index contributed by atoms with van der Waals surface area (Å²) in [5.41, 5.74) is 3.10. The van der Waals surface area contributed by atoms with Gasteiger partial charge in [0, 0.05) is 164 Å². The Morgan fingerprint density at radius 1 is 0.441 bits per heavy atom. The van der Waals surface area contributed by atoms with Gasteiger partial charge in [0.1, 0.15) is 34.2 Å². The summed E-state index contributed by atoms with van der Waals surface area (Å²) >= 11 is 0. The van der Waals surface area contributed by atoms with Gasteiger partial charge in [0.05, 0.1) is 66.3 Å². The Morgan fingerprint density at radius 3 is 1.23 bits per heavy atom. The molecule has 35 nitrogen and oxygen atoms in total. The first-order valence-corrected chi connectivity index (χ1v) is 31.9. The second-order valence-corrected chi connectivity index (χ2v) is 24.4. The first kappa shape index (κ1) is 73.2. The highest BCUT2D eigenvalue weighted by Gasteiger charge is 2.26. The molecule has 9 rings (SSSR count). The van der Waals surface area contributed by atoms with Gasteiger partial charge < -0.3 is 110 Å². The minimum atomic E-state index is -1.36. The Labute approximate surface area is 583 Å². The molecule has 8 aromatic heterocycles. The van der Waals surface area contributed by atoms with Crippen molar-refractivity contribution in [2.45, 2.75) is 32.2 Å². The van der Waals surface area contributed by atoms with Crippen LogP contribution < -0.4 is 68.5 Å². The van der Waals surface area contributed by atoms with Crippen molar-refractivity contribution in [1.82, 2.24) is 67.8 Å². The molecule has 9 aromatic rings. The number of hydrogen-bond donors (Lipinski definition) is 12. The van der Waals surface area contributed by atoms with E-state index < -0.39 is 65.2 Å². The monoisotopic (exact) mass is 1400 g/mol. The van der Waals surface area contributed by atoms with Crippen LogP contribution in [0.5, 0.6) is 0 Å². The van der Waals surface area contributed by atoms with Crippen LogP contribution in [-0.4, -0.2) is 163 Å². The summed E-state index contributed by atoms with van der Waals surface area (Å²) in [6.45, 7) is 3.32. The number of nitrogens with zero attached hydrogens (tertiary/aromatic N) is 10. The number of rotatable bonds is 30. The third-order valence-corrected chi connectivity index (χ3v) is 16.2. The molecule has 0 aliphatic carbocycles. The maximum Gasteiger partial charge on any atom is 0.291 e. The molecular formula is C67H78N22O13. The van der Waals surface area contributed by atoms with E-state index in [1.54, 1.807) is 95.5 Å². The molecule has 102 heavy (non-hydrogen) atoms. The molecule has 1 unspecified atom stereocenters. The van der Waals surface area contributed by atoms with Crippen molar-refractivity contribution in [3.05, 3.63) is 173 Å². The molecule has 2 atom stereocenters. The van der Waals surface area contributed by atoms with Crippen molar-refractivity contribution >= 4 is 111 Å². The Kier molecular flexibility index (Phi) is 23.0. The third-order valence-electron chi connectivity index (χ3n) is 16.2. The number of imidazole rings is 2. The lowest BCUT2D eigenvalue weighted by Gasteiger charge is -2.18. The average molecular weight is 1400 g/mol. The first-order valence-electron chi connectivity index (χ1n) is 31.9. The van der Waals surface area contributed by atoms with Gasteiger partial charge in [-0.05, 0) is 54.1 Å². The average Bonchev–Trinajstić information content (AvgIpc) is 1.68.